The van der Waals surface area contributed by atoms with Gasteiger partial charge in [0.25, 0.3) is 0 Å². The topological polar surface area (TPSA) is 79.9 Å². The number of nitrogens with one attached hydrogen (secondary N) is 2. The molecule has 0 aliphatic carbocycles. The van der Waals surface area contributed by atoms with Crippen LogP contribution in [0.5, 0.6) is 0 Å². The largest absolute Gasteiger partial charge is 0.383 e. The molecule has 0 aliphatic heterocycles. The second-order valence-electron chi connectivity index (χ2n) is 3.63. The minimum absolute atomic E-state index is 0.174. The average Bonchev–Trinajstić information content (AvgIpc) is 2.80. The Morgan fingerprint density at radius 1 is 1.61 bits per heavy atom. The molecule has 6 heteroatoms. The molecule has 0 aromatic carbocycles. The number of rotatable bonds is 5. The highest BCUT2D eigenvalue weighted by Gasteiger charge is 2.02. The van der Waals surface area contributed by atoms with E-state index in [1.54, 1.807) is 19.4 Å². The summed E-state index contributed by atoms with van der Waals surface area (Å²) in [6.45, 7) is 0.984. The molecule has 94 valence electrons. The number of aromatic nitrogens is 3. The van der Waals surface area contributed by atoms with Gasteiger partial charge < -0.3 is 10.1 Å². The summed E-state index contributed by atoms with van der Waals surface area (Å²) < 4.78 is 4.84. The quantitative estimate of drug-likeness (QED) is 0.602. The molecule has 2 rings (SSSR count). The summed E-state index contributed by atoms with van der Waals surface area (Å²) in [6.07, 6.45) is 4.78. The van der Waals surface area contributed by atoms with Crippen molar-refractivity contribution in [1.82, 2.24) is 20.5 Å². The summed E-state index contributed by atoms with van der Waals surface area (Å²) in [5.74, 6) is -0.174. The molecule has 2 aromatic rings. The zero-order valence-electron chi connectivity index (χ0n) is 10.0. The van der Waals surface area contributed by atoms with E-state index in [-0.39, 0.29) is 5.91 Å². The number of carbonyl (C=O) groups is 1. The summed E-state index contributed by atoms with van der Waals surface area (Å²) >= 11 is 0. The highest BCUT2D eigenvalue weighted by atomic mass is 16.5. The van der Waals surface area contributed by atoms with Crippen molar-refractivity contribution in [3.8, 4) is 0 Å². The van der Waals surface area contributed by atoms with E-state index in [0.717, 1.165) is 5.39 Å². The molecule has 2 N–H and O–H groups in total. The van der Waals surface area contributed by atoms with Crippen LogP contribution in [0.2, 0.25) is 0 Å². The van der Waals surface area contributed by atoms with Gasteiger partial charge in [-0.2, -0.15) is 5.10 Å². The van der Waals surface area contributed by atoms with Crippen molar-refractivity contribution in [2.45, 2.75) is 0 Å². The summed E-state index contributed by atoms with van der Waals surface area (Å²) in [6, 6.07) is 3.72. The first-order valence-electron chi connectivity index (χ1n) is 5.55. The van der Waals surface area contributed by atoms with Crippen molar-refractivity contribution in [2.75, 3.05) is 20.3 Å². The van der Waals surface area contributed by atoms with Gasteiger partial charge in [-0.05, 0) is 18.2 Å². The molecule has 6 nitrogen and oxygen atoms in total. The van der Waals surface area contributed by atoms with E-state index in [2.05, 4.69) is 20.5 Å². The third-order valence-corrected chi connectivity index (χ3v) is 2.36. The number of ether oxygens (including phenoxy) is 1. The van der Waals surface area contributed by atoms with Gasteiger partial charge in [0.05, 0.1) is 12.3 Å². The number of hydrogen-bond donors (Lipinski definition) is 2. The van der Waals surface area contributed by atoms with E-state index < -0.39 is 0 Å². The normalized spacial score (nSPS) is 11.2. The van der Waals surface area contributed by atoms with Gasteiger partial charge in [0.1, 0.15) is 0 Å². The maximum Gasteiger partial charge on any atom is 0.244 e. The Hall–Kier alpha value is -2.21. The Morgan fingerprint density at radius 3 is 3.33 bits per heavy atom. The Kier molecular flexibility index (Phi) is 4.03. The van der Waals surface area contributed by atoms with Crippen molar-refractivity contribution >= 4 is 23.0 Å². The number of nitrogens with zero attached hydrogens (tertiary/aromatic N) is 2. The van der Waals surface area contributed by atoms with E-state index in [1.165, 1.54) is 6.08 Å². The van der Waals surface area contributed by atoms with Crippen LogP contribution in [0.1, 0.15) is 5.69 Å². The second kappa shape index (κ2) is 5.92. The first-order chi connectivity index (χ1) is 8.81. The summed E-state index contributed by atoms with van der Waals surface area (Å²) in [7, 11) is 1.59. The van der Waals surface area contributed by atoms with E-state index >= 15 is 0 Å². The van der Waals surface area contributed by atoms with Crippen LogP contribution >= 0.6 is 0 Å². The van der Waals surface area contributed by atoms with Crippen molar-refractivity contribution in [3.63, 3.8) is 0 Å². The molecule has 2 aromatic heterocycles. The maximum atomic E-state index is 11.4. The Labute approximate surface area is 104 Å². The Balaban J connectivity index is 2.02. The Morgan fingerprint density at radius 2 is 2.50 bits per heavy atom. The number of pyridine rings is 1. The molecule has 0 aliphatic rings. The average molecular weight is 246 g/mol. The van der Waals surface area contributed by atoms with Gasteiger partial charge in [0.2, 0.25) is 5.91 Å². The van der Waals surface area contributed by atoms with Gasteiger partial charge in [0, 0.05) is 31.3 Å². The molecule has 0 atom stereocenters. The predicted octanol–water partition coefficient (Wildman–Crippen LogP) is 0.734. The minimum Gasteiger partial charge on any atom is -0.383 e. The van der Waals surface area contributed by atoms with E-state index in [4.69, 9.17) is 4.74 Å². The number of amides is 1. The van der Waals surface area contributed by atoms with Crippen LogP contribution in [0.3, 0.4) is 0 Å². The van der Waals surface area contributed by atoms with Crippen molar-refractivity contribution in [3.05, 3.63) is 30.1 Å². The highest BCUT2D eigenvalue weighted by molar-refractivity contribution is 5.94. The SMILES string of the molecule is COCCNC(=O)C=Cc1n[nH]c2ncccc12. The van der Waals surface area contributed by atoms with E-state index in [1.807, 2.05) is 12.1 Å². The molecule has 18 heavy (non-hydrogen) atoms. The van der Waals surface area contributed by atoms with E-state index in [9.17, 15) is 4.79 Å². The van der Waals surface area contributed by atoms with Gasteiger partial charge in [-0.25, -0.2) is 4.98 Å². The lowest BCUT2D eigenvalue weighted by Crippen LogP contribution is -2.24. The fraction of sp³-hybridized carbons (Fsp3) is 0.250. The van der Waals surface area contributed by atoms with Crippen molar-refractivity contribution < 1.29 is 9.53 Å². The van der Waals surface area contributed by atoms with Crippen LogP contribution in [-0.2, 0) is 9.53 Å². The number of methoxy groups -OCH3 is 1. The third kappa shape index (κ3) is 2.92. The monoisotopic (exact) mass is 246 g/mol. The number of carbonyl (C=O) groups excluding carboxylic acids is 1. The Bertz CT molecular complexity index is 562. The first-order valence-corrected chi connectivity index (χ1v) is 5.55. The van der Waals surface area contributed by atoms with Crippen molar-refractivity contribution in [2.24, 2.45) is 0 Å². The number of hydrogen-bond acceptors (Lipinski definition) is 4. The third-order valence-electron chi connectivity index (χ3n) is 2.36. The highest BCUT2D eigenvalue weighted by Crippen LogP contribution is 2.13. The molecule has 0 saturated carbocycles. The molecule has 0 radical (unpaired) electrons. The van der Waals surface area contributed by atoms with Crippen LogP contribution in [0.4, 0.5) is 0 Å². The molecular formula is C12H14N4O2. The van der Waals surface area contributed by atoms with Gasteiger partial charge in [-0.3, -0.25) is 9.89 Å². The van der Waals surface area contributed by atoms with Crippen LogP contribution in [0, 0.1) is 0 Å². The van der Waals surface area contributed by atoms with Crippen molar-refractivity contribution in [1.29, 1.82) is 0 Å². The molecular weight excluding hydrogens is 232 g/mol. The smallest absolute Gasteiger partial charge is 0.244 e. The molecule has 0 spiro atoms. The fourth-order valence-electron chi connectivity index (χ4n) is 1.49. The first kappa shape index (κ1) is 12.3. The molecule has 0 unspecified atom stereocenters. The number of H-pyrrole nitrogens is 1. The van der Waals surface area contributed by atoms with Gasteiger partial charge >= 0.3 is 0 Å². The van der Waals surface area contributed by atoms with Gasteiger partial charge in [-0.15, -0.1) is 0 Å². The fourth-order valence-corrected chi connectivity index (χ4v) is 1.49. The lowest BCUT2D eigenvalue weighted by molar-refractivity contribution is -0.116. The lowest BCUT2D eigenvalue weighted by Gasteiger charge is -1.99. The van der Waals surface area contributed by atoms with Crippen LogP contribution in [0.25, 0.3) is 17.1 Å². The summed E-state index contributed by atoms with van der Waals surface area (Å²) in [5.41, 5.74) is 1.40. The molecule has 0 saturated heterocycles. The minimum atomic E-state index is -0.174. The standard InChI is InChI=1S/C12H14N4O2/c1-18-8-7-13-11(17)5-4-10-9-3-2-6-14-12(9)16-15-10/h2-6H,7-8H2,1H3,(H,13,17)(H,14,15,16). The van der Waals surface area contributed by atoms with Crippen LogP contribution < -0.4 is 5.32 Å². The van der Waals surface area contributed by atoms with Gasteiger partial charge in [0.15, 0.2) is 5.65 Å². The summed E-state index contributed by atoms with van der Waals surface area (Å²) in [5, 5.41) is 10.5. The number of aromatic amines is 1. The molecule has 2 heterocycles. The molecule has 0 fully saturated rings. The zero-order valence-corrected chi connectivity index (χ0v) is 10.0. The van der Waals surface area contributed by atoms with Gasteiger partial charge in [-0.1, -0.05) is 0 Å². The second-order valence-corrected chi connectivity index (χ2v) is 3.63. The summed E-state index contributed by atoms with van der Waals surface area (Å²) in [4.78, 5) is 15.6. The van der Waals surface area contributed by atoms with Crippen LogP contribution in [-0.4, -0.2) is 41.3 Å². The lowest BCUT2D eigenvalue weighted by atomic mass is 10.2. The van der Waals surface area contributed by atoms with E-state index in [0.29, 0.717) is 24.5 Å². The molecule has 1 amide bonds. The maximum absolute atomic E-state index is 11.4. The number of fused-ring (bicyclic) bond motifs is 1. The zero-order chi connectivity index (χ0) is 12.8. The predicted molar refractivity (Wildman–Crippen MR) is 67.8 cm³/mol. The molecule has 0 bridgehead atoms. The van der Waals surface area contributed by atoms with Crippen LogP contribution in [0.15, 0.2) is 24.4 Å².